The van der Waals surface area contributed by atoms with Crippen molar-refractivity contribution in [1.29, 1.82) is 0 Å². The number of nitrogens with zero attached hydrogens (tertiary/aromatic N) is 4. The Balaban J connectivity index is 1.99. The summed E-state index contributed by atoms with van der Waals surface area (Å²) in [6.07, 6.45) is 6.10. The molecule has 0 spiro atoms. The Bertz CT molecular complexity index is 375. The Morgan fingerprint density at radius 1 is 1.39 bits per heavy atom. The molecule has 2 heterocycles. The number of nitrogens with two attached hydrogens (primary N) is 1. The maximum atomic E-state index is 6.41. The topological polar surface area (TPSA) is 50.3 Å². The predicted octanol–water partition coefficient (Wildman–Crippen LogP) is -0.0742. The summed E-state index contributed by atoms with van der Waals surface area (Å²) >= 11 is 0. The van der Waals surface area contributed by atoms with Gasteiger partial charge in [0.25, 0.3) is 0 Å². The van der Waals surface area contributed by atoms with Gasteiger partial charge in [0.2, 0.25) is 0 Å². The molecule has 1 aromatic rings. The van der Waals surface area contributed by atoms with Crippen LogP contribution in [0.2, 0.25) is 0 Å². The van der Waals surface area contributed by atoms with Crippen molar-refractivity contribution < 1.29 is 0 Å². The molecule has 0 aromatic carbocycles. The SMILES string of the molecule is CN1CCCN(C)C(C(N)Cc2cnn(C)c2)C1. The molecule has 2 unspecified atom stereocenters. The zero-order valence-corrected chi connectivity index (χ0v) is 11.7. The lowest BCUT2D eigenvalue weighted by atomic mass is 10.0. The molecular weight excluding hydrogens is 226 g/mol. The summed E-state index contributed by atoms with van der Waals surface area (Å²) in [6.45, 7) is 3.36. The van der Waals surface area contributed by atoms with E-state index in [4.69, 9.17) is 5.73 Å². The highest BCUT2D eigenvalue weighted by molar-refractivity contribution is 5.07. The smallest absolute Gasteiger partial charge is 0.0522 e. The van der Waals surface area contributed by atoms with Crippen molar-refractivity contribution in [1.82, 2.24) is 19.6 Å². The van der Waals surface area contributed by atoms with Gasteiger partial charge in [0.05, 0.1) is 6.20 Å². The van der Waals surface area contributed by atoms with Crippen molar-refractivity contribution in [3.05, 3.63) is 18.0 Å². The van der Waals surface area contributed by atoms with Crippen LogP contribution in [0, 0.1) is 0 Å². The highest BCUT2D eigenvalue weighted by Gasteiger charge is 2.26. The third kappa shape index (κ3) is 3.31. The number of aromatic nitrogens is 2. The maximum Gasteiger partial charge on any atom is 0.0522 e. The van der Waals surface area contributed by atoms with Gasteiger partial charge in [-0.15, -0.1) is 0 Å². The van der Waals surface area contributed by atoms with Crippen LogP contribution in [-0.2, 0) is 13.5 Å². The molecule has 1 aliphatic heterocycles. The van der Waals surface area contributed by atoms with E-state index in [2.05, 4.69) is 35.2 Å². The van der Waals surface area contributed by atoms with E-state index in [0.29, 0.717) is 6.04 Å². The van der Waals surface area contributed by atoms with Gasteiger partial charge in [-0.25, -0.2) is 0 Å². The summed E-state index contributed by atoms with van der Waals surface area (Å²) in [7, 11) is 6.32. The van der Waals surface area contributed by atoms with Crippen molar-refractivity contribution in [2.24, 2.45) is 12.8 Å². The van der Waals surface area contributed by atoms with Crippen LogP contribution >= 0.6 is 0 Å². The van der Waals surface area contributed by atoms with Gasteiger partial charge in [-0.1, -0.05) is 0 Å². The molecule has 1 saturated heterocycles. The van der Waals surface area contributed by atoms with E-state index >= 15 is 0 Å². The molecule has 0 aliphatic carbocycles. The van der Waals surface area contributed by atoms with Gasteiger partial charge in [0, 0.05) is 31.9 Å². The first-order valence-electron chi connectivity index (χ1n) is 6.68. The highest BCUT2D eigenvalue weighted by atomic mass is 15.2. The van der Waals surface area contributed by atoms with Crippen molar-refractivity contribution in [3.8, 4) is 0 Å². The van der Waals surface area contributed by atoms with E-state index in [0.717, 1.165) is 19.5 Å². The maximum absolute atomic E-state index is 6.41. The Kier molecular flexibility index (Phi) is 4.37. The van der Waals surface area contributed by atoms with Gasteiger partial charge in [0.1, 0.15) is 0 Å². The molecule has 1 aliphatic rings. The molecule has 0 saturated carbocycles. The molecule has 2 N–H and O–H groups in total. The predicted molar refractivity (Wildman–Crippen MR) is 73.4 cm³/mol. The van der Waals surface area contributed by atoms with Crippen LogP contribution in [0.1, 0.15) is 12.0 Å². The normalized spacial score (nSPS) is 25.0. The fourth-order valence-corrected chi connectivity index (χ4v) is 2.75. The lowest BCUT2D eigenvalue weighted by Crippen LogP contribution is -2.51. The first-order valence-corrected chi connectivity index (χ1v) is 6.68. The van der Waals surface area contributed by atoms with Gasteiger partial charge in [-0.05, 0) is 45.6 Å². The molecule has 2 atom stereocenters. The van der Waals surface area contributed by atoms with Crippen molar-refractivity contribution in [3.63, 3.8) is 0 Å². The first-order chi connectivity index (χ1) is 8.56. The van der Waals surface area contributed by atoms with Crippen LogP contribution in [0.4, 0.5) is 0 Å². The Morgan fingerprint density at radius 2 is 2.17 bits per heavy atom. The molecule has 5 heteroatoms. The Morgan fingerprint density at radius 3 is 2.83 bits per heavy atom. The molecule has 5 nitrogen and oxygen atoms in total. The number of likely N-dealkylation sites (N-methyl/N-ethyl adjacent to an activating group) is 2. The molecule has 0 radical (unpaired) electrons. The Labute approximate surface area is 110 Å². The summed E-state index contributed by atoms with van der Waals surface area (Å²) in [5.74, 6) is 0. The molecule has 2 rings (SSSR count). The quantitative estimate of drug-likeness (QED) is 0.817. The molecule has 18 heavy (non-hydrogen) atoms. The minimum absolute atomic E-state index is 0.166. The number of hydrogen-bond donors (Lipinski definition) is 1. The minimum atomic E-state index is 0.166. The van der Waals surface area contributed by atoms with Crippen LogP contribution in [-0.4, -0.2) is 65.4 Å². The monoisotopic (exact) mass is 251 g/mol. The largest absolute Gasteiger partial charge is 0.326 e. The highest BCUT2D eigenvalue weighted by Crippen LogP contribution is 2.12. The molecular formula is C13H25N5. The van der Waals surface area contributed by atoms with Crippen molar-refractivity contribution in [2.75, 3.05) is 33.7 Å². The minimum Gasteiger partial charge on any atom is -0.326 e. The molecule has 1 fully saturated rings. The van der Waals surface area contributed by atoms with E-state index < -0.39 is 0 Å². The second-order valence-electron chi connectivity index (χ2n) is 5.55. The first kappa shape index (κ1) is 13.5. The third-order valence-electron chi connectivity index (χ3n) is 3.84. The van der Waals surface area contributed by atoms with E-state index in [-0.39, 0.29) is 6.04 Å². The summed E-state index contributed by atoms with van der Waals surface area (Å²) in [4.78, 5) is 4.79. The number of rotatable bonds is 3. The standard InChI is InChI=1S/C13H25N5/c1-16-5-4-6-17(2)13(10-16)12(14)7-11-8-15-18(3)9-11/h8-9,12-13H,4-7,10,14H2,1-3H3. The second kappa shape index (κ2) is 5.82. The molecule has 1 aromatic heterocycles. The zero-order valence-electron chi connectivity index (χ0n) is 11.7. The van der Waals surface area contributed by atoms with Crippen LogP contribution in [0.15, 0.2) is 12.4 Å². The summed E-state index contributed by atoms with van der Waals surface area (Å²) in [5, 5.41) is 4.20. The molecule has 102 valence electrons. The second-order valence-corrected chi connectivity index (χ2v) is 5.55. The van der Waals surface area contributed by atoms with E-state index in [9.17, 15) is 0 Å². The zero-order chi connectivity index (χ0) is 13.1. The summed E-state index contributed by atoms with van der Waals surface area (Å²) in [5.41, 5.74) is 7.63. The van der Waals surface area contributed by atoms with E-state index in [1.807, 2.05) is 17.9 Å². The summed E-state index contributed by atoms with van der Waals surface area (Å²) in [6, 6.07) is 0.595. The molecule has 0 bridgehead atoms. The Hall–Kier alpha value is -0.910. The van der Waals surface area contributed by atoms with Gasteiger partial charge in [-0.3, -0.25) is 4.68 Å². The van der Waals surface area contributed by atoms with E-state index in [1.165, 1.54) is 18.5 Å². The third-order valence-corrected chi connectivity index (χ3v) is 3.84. The van der Waals surface area contributed by atoms with Gasteiger partial charge < -0.3 is 15.5 Å². The lowest BCUT2D eigenvalue weighted by molar-refractivity contribution is 0.195. The van der Waals surface area contributed by atoms with Crippen LogP contribution < -0.4 is 5.73 Å². The number of aryl methyl sites for hydroxylation is 1. The van der Waals surface area contributed by atoms with Crippen LogP contribution in [0.3, 0.4) is 0 Å². The fourth-order valence-electron chi connectivity index (χ4n) is 2.75. The lowest BCUT2D eigenvalue weighted by Gasteiger charge is -2.32. The van der Waals surface area contributed by atoms with Crippen LogP contribution in [0.5, 0.6) is 0 Å². The summed E-state index contributed by atoms with van der Waals surface area (Å²) < 4.78 is 1.84. The van der Waals surface area contributed by atoms with E-state index in [1.54, 1.807) is 0 Å². The number of hydrogen-bond acceptors (Lipinski definition) is 4. The molecule has 0 amide bonds. The van der Waals surface area contributed by atoms with Gasteiger partial charge in [0.15, 0.2) is 0 Å². The van der Waals surface area contributed by atoms with Crippen molar-refractivity contribution >= 4 is 0 Å². The fraction of sp³-hybridized carbons (Fsp3) is 0.769. The van der Waals surface area contributed by atoms with Gasteiger partial charge >= 0.3 is 0 Å². The van der Waals surface area contributed by atoms with Crippen LogP contribution in [0.25, 0.3) is 0 Å². The van der Waals surface area contributed by atoms with Crippen molar-refractivity contribution in [2.45, 2.75) is 24.9 Å². The van der Waals surface area contributed by atoms with Gasteiger partial charge in [-0.2, -0.15) is 5.10 Å². The average Bonchev–Trinajstić information content (AvgIpc) is 2.62. The average molecular weight is 251 g/mol.